The monoisotopic (exact) mass is 354 g/mol. The predicted octanol–water partition coefficient (Wildman–Crippen LogP) is 2.41. The van der Waals surface area contributed by atoms with E-state index >= 15 is 0 Å². The highest BCUT2D eigenvalue weighted by Gasteiger charge is 2.28. The Balaban J connectivity index is 1.71. The van der Waals surface area contributed by atoms with Crippen molar-refractivity contribution in [2.24, 2.45) is 0 Å². The van der Waals surface area contributed by atoms with Gasteiger partial charge >= 0.3 is 0 Å². The van der Waals surface area contributed by atoms with Crippen molar-refractivity contribution in [2.75, 3.05) is 25.7 Å². The summed E-state index contributed by atoms with van der Waals surface area (Å²) in [6, 6.07) is 12.1. The summed E-state index contributed by atoms with van der Waals surface area (Å²) in [4.78, 5) is 27.0. The van der Waals surface area contributed by atoms with Gasteiger partial charge in [-0.15, -0.1) is 0 Å². The maximum Gasteiger partial charge on any atom is 0.252 e. The first-order valence-corrected chi connectivity index (χ1v) is 8.47. The molecular formula is C20H22N2O4. The number of fused-ring (bicyclic) bond motifs is 1. The number of carbonyl (C=O) groups is 2. The molecule has 0 unspecified atom stereocenters. The first-order chi connectivity index (χ1) is 12.5. The van der Waals surface area contributed by atoms with Crippen LogP contribution in [0.1, 0.15) is 22.8 Å². The number of hydrogen-bond acceptors (Lipinski definition) is 4. The number of nitrogens with zero attached hydrogens (tertiary/aromatic N) is 1. The standard InChI is InChI=1S/C20H22N2O4/c1-13(20(24)22-11-10-14-6-4-5-7-16(14)22)21-19(23)15-8-9-17(25-2)18(12-15)26-3/h4-9,12-13H,10-11H2,1-3H3,(H,21,23)/t13-/m0/s1. The van der Waals surface area contributed by atoms with Gasteiger partial charge in [-0.3, -0.25) is 9.59 Å². The Labute approximate surface area is 152 Å². The molecule has 0 aliphatic carbocycles. The molecule has 1 heterocycles. The van der Waals surface area contributed by atoms with Gasteiger partial charge in [0.05, 0.1) is 14.2 Å². The molecule has 2 aromatic rings. The summed E-state index contributed by atoms with van der Waals surface area (Å²) < 4.78 is 10.4. The van der Waals surface area contributed by atoms with E-state index in [0.717, 1.165) is 17.7 Å². The molecule has 2 amide bonds. The Hall–Kier alpha value is -3.02. The average molecular weight is 354 g/mol. The van der Waals surface area contributed by atoms with E-state index in [4.69, 9.17) is 9.47 Å². The van der Waals surface area contributed by atoms with Crippen LogP contribution in [0.4, 0.5) is 5.69 Å². The van der Waals surface area contributed by atoms with Gasteiger partial charge in [0, 0.05) is 17.8 Å². The van der Waals surface area contributed by atoms with Gasteiger partial charge < -0.3 is 19.7 Å². The molecular weight excluding hydrogens is 332 g/mol. The number of anilines is 1. The van der Waals surface area contributed by atoms with Crippen molar-refractivity contribution < 1.29 is 19.1 Å². The van der Waals surface area contributed by atoms with Gasteiger partial charge in [0.2, 0.25) is 5.91 Å². The number of para-hydroxylation sites is 1. The lowest BCUT2D eigenvalue weighted by Crippen LogP contribution is -2.46. The van der Waals surface area contributed by atoms with Gasteiger partial charge in [-0.25, -0.2) is 0 Å². The SMILES string of the molecule is COc1ccc(C(=O)N[C@@H](C)C(=O)N2CCc3ccccc32)cc1OC. The zero-order valence-electron chi connectivity index (χ0n) is 15.1. The van der Waals surface area contributed by atoms with Crippen molar-refractivity contribution in [3.05, 3.63) is 53.6 Å². The zero-order valence-corrected chi connectivity index (χ0v) is 15.1. The average Bonchev–Trinajstić information content (AvgIpc) is 3.10. The molecule has 0 saturated heterocycles. The number of nitrogens with one attached hydrogen (secondary N) is 1. The molecule has 3 rings (SSSR count). The number of carbonyl (C=O) groups excluding carboxylic acids is 2. The molecule has 1 atom stereocenters. The molecule has 0 aromatic heterocycles. The lowest BCUT2D eigenvalue weighted by molar-refractivity contribution is -0.119. The Morgan fingerprint density at radius 3 is 2.54 bits per heavy atom. The molecule has 0 radical (unpaired) electrons. The number of methoxy groups -OCH3 is 2. The van der Waals surface area contributed by atoms with Gasteiger partial charge in [-0.05, 0) is 43.2 Å². The smallest absolute Gasteiger partial charge is 0.252 e. The van der Waals surface area contributed by atoms with Crippen LogP contribution in [-0.4, -0.2) is 38.6 Å². The maximum atomic E-state index is 12.8. The highest BCUT2D eigenvalue weighted by Crippen LogP contribution is 2.29. The van der Waals surface area contributed by atoms with Crippen LogP contribution in [0.25, 0.3) is 0 Å². The van der Waals surface area contributed by atoms with Crippen molar-refractivity contribution in [3.8, 4) is 11.5 Å². The van der Waals surface area contributed by atoms with Crippen molar-refractivity contribution in [3.63, 3.8) is 0 Å². The van der Waals surface area contributed by atoms with Gasteiger partial charge in [0.1, 0.15) is 6.04 Å². The second-order valence-corrected chi connectivity index (χ2v) is 6.13. The quantitative estimate of drug-likeness (QED) is 0.895. The van der Waals surface area contributed by atoms with Crippen molar-refractivity contribution in [1.82, 2.24) is 5.32 Å². The zero-order chi connectivity index (χ0) is 18.7. The van der Waals surface area contributed by atoms with E-state index in [1.165, 1.54) is 14.2 Å². The summed E-state index contributed by atoms with van der Waals surface area (Å²) in [5.74, 6) is 0.553. The Morgan fingerprint density at radius 2 is 1.81 bits per heavy atom. The van der Waals surface area contributed by atoms with Crippen LogP contribution in [0, 0.1) is 0 Å². The van der Waals surface area contributed by atoms with Crippen LogP contribution in [0.2, 0.25) is 0 Å². The molecule has 0 saturated carbocycles. The second-order valence-electron chi connectivity index (χ2n) is 6.13. The molecule has 0 spiro atoms. The molecule has 6 nitrogen and oxygen atoms in total. The maximum absolute atomic E-state index is 12.8. The largest absolute Gasteiger partial charge is 0.493 e. The molecule has 1 aliphatic heterocycles. The summed E-state index contributed by atoms with van der Waals surface area (Å²) in [5, 5.41) is 2.77. The van der Waals surface area contributed by atoms with E-state index in [9.17, 15) is 9.59 Å². The van der Waals surface area contributed by atoms with Crippen molar-refractivity contribution in [2.45, 2.75) is 19.4 Å². The van der Waals surface area contributed by atoms with Crippen LogP contribution in [0.15, 0.2) is 42.5 Å². The summed E-state index contributed by atoms with van der Waals surface area (Å²) in [6.45, 7) is 2.33. The highest BCUT2D eigenvalue weighted by molar-refractivity contribution is 6.03. The minimum atomic E-state index is -0.637. The van der Waals surface area contributed by atoms with Crippen LogP contribution in [0.5, 0.6) is 11.5 Å². The summed E-state index contributed by atoms with van der Waals surface area (Å²) in [6.07, 6.45) is 0.832. The predicted molar refractivity (Wildman–Crippen MR) is 99.0 cm³/mol. The lowest BCUT2D eigenvalue weighted by atomic mass is 10.1. The van der Waals surface area contributed by atoms with Crippen molar-refractivity contribution >= 4 is 17.5 Å². The van der Waals surface area contributed by atoms with E-state index in [0.29, 0.717) is 23.6 Å². The lowest BCUT2D eigenvalue weighted by Gasteiger charge is -2.22. The molecule has 0 fully saturated rings. The van der Waals surface area contributed by atoms with Gasteiger partial charge in [0.25, 0.3) is 5.91 Å². The molecule has 0 bridgehead atoms. The highest BCUT2D eigenvalue weighted by atomic mass is 16.5. The Morgan fingerprint density at radius 1 is 1.08 bits per heavy atom. The van der Waals surface area contributed by atoms with E-state index < -0.39 is 6.04 Å². The third-order valence-electron chi connectivity index (χ3n) is 4.52. The number of amides is 2. The van der Waals surface area contributed by atoms with E-state index in [-0.39, 0.29) is 11.8 Å². The fourth-order valence-electron chi connectivity index (χ4n) is 3.12. The third kappa shape index (κ3) is 3.35. The topological polar surface area (TPSA) is 67.9 Å². The fourth-order valence-corrected chi connectivity index (χ4v) is 3.12. The number of hydrogen-bond donors (Lipinski definition) is 1. The van der Waals surface area contributed by atoms with Crippen LogP contribution in [0.3, 0.4) is 0 Å². The Kier molecular flexibility index (Phi) is 5.11. The number of rotatable bonds is 5. The third-order valence-corrected chi connectivity index (χ3v) is 4.52. The summed E-state index contributed by atoms with van der Waals surface area (Å²) in [5.41, 5.74) is 2.48. The second kappa shape index (κ2) is 7.47. The number of ether oxygens (including phenoxy) is 2. The molecule has 136 valence electrons. The molecule has 6 heteroatoms. The van der Waals surface area contributed by atoms with Crippen molar-refractivity contribution in [1.29, 1.82) is 0 Å². The first-order valence-electron chi connectivity index (χ1n) is 8.47. The molecule has 26 heavy (non-hydrogen) atoms. The summed E-state index contributed by atoms with van der Waals surface area (Å²) >= 11 is 0. The van der Waals surface area contributed by atoms with Gasteiger partial charge in [0.15, 0.2) is 11.5 Å². The molecule has 1 N–H and O–H groups in total. The minimum Gasteiger partial charge on any atom is -0.493 e. The minimum absolute atomic E-state index is 0.122. The van der Waals surface area contributed by atoms with Crippen LogP contribution >= 0.6 is 0 Å². The van der Waals surface area contributed by atoms with Gasteiger partial charge in [-0.2, -0.15) is 0 Å². The van der Waals surface area contributed by atoms with E-state index in [1.807, 2.05) is 24.3 Å². The fraction of sp³-hybridized carbons (Fsp3) is 0.300. The molecule has 1 aliphatic rings. The van der Waals surface area contributed by atoms with Crippen LogP contribution in [-0.2, 0) is 11.2 Å². The van der Waals surface area contributed by atoms with E-state index in [1.54, 1.807) is 30.0 Å². The number of benzene rings is 2. The van der Waals surface area contributed by atoms with Crippen LogP contribution < -0.4 is 19.7 Å². The first kappa shape index (κ1) is 17.8. The summed E-state index contributed by atoms with van der Waals surface area (Å²) in [7, 11) is 3.04. The molecule has 2 aromatic carbocycles. The normalized spacial score (nSPS) is 13.7. The van der Waals surface area contributed by atoms with E-state index in [2.05, 4.69) is 5.32 Å². The Bertz CT molecular complexity index is 834. The van der Waals surface area contributed by atoms with Gasteiger partial charge in [-0.1, -0.05) is 18.2 Å².